The maximum atomic E-state index is 5.77. The lowest BCUT2D eigenvalue weighted by Crippen LogP contribution is -2.23. The van der Waals surface area contributed by atoms with E-state index in [0.717, 1.165) is 11.4 Å². The number of rotatable bonds is 2. The van der Waals surface area contributed by atoms with E-state index >= 15 is 0 Å². The first-order valence-corrected chi connectivity index (χ1v) is 5.20. The van der Waals surface area contributed by atoms with Gasteiger partial charge in [-0.3, -0.25) is 0 Å². The highest BCUT2D eigenvalue weighted by Crippen LogP contribution is 2.03. The van der Waals surface area contributed by atoms with Gasteiger partial charge >= 0.3 is 0 Å². The van der Waals surface area contributed by atoms with Gasteiger partial charge in [0.15, 0.2) is 0 Å². The molecule has 0 amide bonds. The molecule has 2 N–H and O–H groups in total. The van der Waals surface area contributed by atoms with Gasteiger partial charge in [0.2, 0.25) is 0 Å². The lowest BCUT2D eigenvalue weighted by molar-refractivity contribution is 0.584. The summed E-state index contributed by atoms with van der Waals surface area (Å²) in [6.45, 7) is 4.14. The Hall–Kier alpha value is -0.850. The van der Waals surface area contributed by atoms with Crippen LogP contribution in [0.3, 0.4) is 0 Å². The Bertz CT molecular complexity index is 292. The standard InChI is InChI=1S/C10H14N2S/c1-8(2)9(11)4-3-5-10-12-6-7-13-10/h6-9H,5,11H2,1-2H3. The highest BCUT2D eigenvalue weighted by molar-refractivity contribution is 7.09. The molecular weight excluding hydrogens is 180 g/mol. The number of hydrogen-bond acceptors (Lipinski definition) is 3. The number of aromatic nitrogens is 1. The lowest BCUT2D eigenvalue weighted by Gasteiger charge is -2.06. The topological polar surface area (TPSA) is 38.9 Å². The molecule has 0 fully saturated rings. The molecule has 1 aromatic rings. The molecule has 0 bridgehead atoms. The van der Waals surface area contributed by atoms with Gasteiger partial charge in [-0.1, -0.05) is 25.7 Å². The SMILES string of the molecule is CC(C)C(N)C#CCc1nccs1. The van der Waals surface area contributed by atoms with Gasteiger partial charge in [-0.15, -0.1) is 11.3 Å². The van der Waals surface area contributed by atoms with Crippen molar-refractivity contribution in [2.75, 3.05) is 0 Å². The molecule has 70 valence electrons. The summed E-state index contributed by atoms with van der Waals surface area (Å²) in [5, 5.41) is 3.02. The van der Waals surface area contributed by atoms with Crippen molar-refractivity contribution in [3.8, 4) is 11.8 Å². The fourth-order valence-electron chi connectivity index (χ4n) is 0.751. The minimum Gasteiger partial charge on any atom is -0.317 e. The van der Waals surface area contributed by atoms with Gasteiger partial charge in [0.1, 0.15) is 5.01 Å². The van der Waals surface area contributed by atoms with Crippen LogP contribution < -0.4 is 5.73 Å². The molecule has 0 aliphatic carbocycles. The third-order valence-electron chi connectivity index (χ3n) is 1.71. The number of nitrogens with zero attached hydrogens (tertiary/aromatic N) is 1. The molecule has 0 spiro atoms. The summed E-state index contributed by atoms with van der Waals surface area (Å²) in [4.78, 5) is 4.13. The quantitative estimate of drug-likeness (QED) is 0.727. The summed E-state index contributed by atoms with van der Waals surface area (Å²) < 4.78 is 0. The fraction of sp³-hybridized carbons (Fsp3) is 0.500. The van der Waals surface area contributed by atoms with Crippen LogP contribution in [0.25, 0.3) is 0 Å². The summed E-state index contributed by atoms with van der Waals surface area (Å²) >= 11 is 1.63. The van der Waals surface area contributed by atoms with Gasteiger partial charge in [-0.2, -0.15) is 0 Å². The zero-order valence-electron chi connectivity index (χ0n) is 7.95. The Labute approximate surface area is 83.2 Å². The van der Waals surface area contributed by atoms with Gasteiger partial charge in [0.05, 0.1) is 12.5 Å². The fourth-order valence-corrected chi connectivity index (χ4v) is 1.31. The van der Waals surface area contributed by atoms with Crippen molar-refractivity contribution in [3.05, 3.63) is 16.6 Å². The summed E-state index contributed by atoms with van der Waals surface area (Å²) in [5.74, 6) is 6.48. The van der Waals surface area contributed by atoms with E-state index in [2.05, 4.69) is 30.7 Å². The first-order valence-electron chi connectivity index (χ1n) is 4.32. The molecule has 0 radical (unpaired) electrons. The van der Waals surface area contributed by atoms with E-state index in [4.69, 9.17) is 5.73 Å². The minimum absolute atomic E-state index is 0.0139. The van der Waals surface area contributed by atoms with E-state index in [9.17, 15) is 0 Å². The maximum absolute atomic E-state index is 5.77. The van der Waals surface area contributed by atoms with Crippen LogP contribution >= 0.6 is 11.3 Å². The second-order valence-corrected chi connectivity index (χ2v) is 4.17. The van der Waals surface area contributed by atoms with Crippen molar-refractivity contribution in [1.82, 2.24) is 4.98 Å². The second-order valence-electron chi connectivity index (χ2n) is 3.19. The zero-order valence-corrected chi connectivity index (χ0v) is 8.77. The van der Waals surface area contributed by atoms with E-state index in [1.165, 1.54) is 0 Å². The van der Waals surface area contributed by atoms with E-state index in [0.29, 0.717) is 5.92 Å². The van der Waals surface area contributed by atoms with E-state index in [-0.39, 0.29) is 6.04 Å². The van der Waals surface area contributed by atoms with E-state index in [1.807, 2.05) is 5.38 Å². The number of thiazole rings is 1. The van der Waals surface area contributed by atoms with Gasteiger partial charge in [0, 0.05) is 11.6 Å². The van der Waals surface area contributed by atoms with Crippen LogP contribution in [0.2, 0.25) is 0 Å². The van der Waals surface area contributed by atoms with Gasteiger partial charge in [-0.05, 0) is 5.92 Å². The molecule has 1 atom stereocenters. The van der Waals surface area contributed by atoms with Crippen LogP contribution in [0, 0.1) is 17.8 Å². The van der Waals surface area contributed by atoms with Crippen LogP contribution in [0.15, 0.2) is 11.6 Å². The largest absolute Gasteiger partial charge is 0.317 e. The molecule has 1 unspecified atom stereocenters. The molecule has 1 heterocycles. The minimum atomic E-state index is -0.0139. The first kappa shape index (κ1) is 10.2. The van der Waals surface area contributed by atoms with Crippen LogP contribution in [-0.2, 0) is 6.42 Å². The second kappa shape index (κ2) is 5.00. The van der Waals surface area contributed by atoms with Crippen LogP contribution in [-0.4, -0.2) is 11.0 Å². The van der Waals surface area contributed by atoms with Crippen molar-refractivity contribution in [1.29, 1.82) is 0 Å². The Morgan fingerprint density at radius 3 is 2.92 bits per heavy atom. The van der Waals surface area contributed by atoms with Gasteiger partial charge in [0.25, 0.3) is 0 Å². The predicted octanol–water partition coefficient (Wildman–Crippen LogP) is 1.67. The van der Waals surface area contributed by atoms with E-state index in [1.54, 1.807) is 17.5 Å². The maximum Gasteiger partial charge on any atom is 0.104 e. The molecule has 3 heteroatoms. The summed E-state index contributed by atoms with van der Waals surface area (Å²) in [5.41, 5.74) is 5.77. The van der Waals surface area contributed by atoms with Crippen LogP contribution in [0.5, 0.6) is 0 Å². The molecule has 0 aliphatic heterocycles. The van der Waals surface area contributed by atoms with E-state index < -0.39 is 0 Å². The molecule has 0 saturated heterocycles. The highest BCUT2D eigenvalue weighted by atomic mass is 32.1. The van der Waals surface area contributed by atoms with Gasteiger partial charge < -0.3 is 5.73 Å². The highest BCUT2D eigenvalue weighted by Gasteiger charge is 2.01. The predicted molar refractivity (Wildman–Crippen MR) is 56.4 cm³/mol. The molecule has 0 aliphatic rings. The first-order chi connectivity index (χ1) is 6.20. The monoisotopic (exact) mass is 194 g/mol. The molecule has 0 saturated carbocycles. The molecular formula is C10H14N2S. The molecule has 13 heavy (non-hydrogen) atoms. The smallest absolute Gasteiger partial charge is 0.104 e. The normalized spacial score (nSPS) is 12.3. The molecule has 0 aromatic carbocycles. The zero-order chi connectivity index (χ0) is 9.68. The van der Waals surface area contributed by atoms with Crippen molar-refractivity contribution >= 4 is 11.3 Å². The van der Waals surface area contributed by atoms with Crippen molar-refractivity contribution < 1.29 is 0 Å². The molecule has 1 rings (SSSR count). The Morgan fingerprint density at radius 2 is 2.38 bits per heavy atom. The van der Waals surface area contributed by atoms with Crippen molar-refractivity contribution in [2.24, 2.45) is 11.7 Å². The van der Waals surface area contributed by atoms with Crippen LogP contribution in [0.1, 0.15) is 18.9 Å². The summed E-state index contributed by atoms with van der Waals surface area (Å²) in [7, 11) is 0. The van der Waals surface area contributed by atoms with Crippen molar-refractivity contribution in [3.63, 3.8) is 0 Å². The average Bonchev–Trinajstić information content (AvgIpc) is 2.56. The molecule has 2 nitrogen and oxygen atoms in total. The Kier molecular flexibility index (Phi) is 3.94. The number of nitrogens with two attached hydrogens (primary N) is 1. The summed E-state index contributed by atoms with van der Waals surface area (Å²) in [6, 6.07) is -0.0139. The third kappa shape index (κ3) is 3.58. The van der Waals surface area contributed by atoms with Gasteiger partial charge in [-0.25, -0.2) is 4.98 Å². The Balaban J connectivity index is 2.41. The van der Waals surface area contributed by atoms with Crippen molar-refractivity contribution in [2.45, 2.75) is 26.3 Å². The lowest BCUT2D eigenvalue weighted by atomic mass is 10.1. The number of hydrogen-bond donors (Lipinski definition) is 1. The average molecular weight is 194 g/mol. The van der Waals surface area contributed by atoms with Crippen LogP contribution in [0.4, 0.5) is 0 Å². The summed E-state index contributed by atoms with van der Waals surface area (Å²) in [6.07, 6.45) is 2.52. The third-order valence-corrected chi connectivity index (χ3v) is 2.49. The molecule has 1 aromatic heterocycles. The Morgan fingerprint density at radius 1 is 1.62 bits per heavy atom.